The van der Waals surface area contributed by atoms with Crippen molar-refractivity contribution in [3.05, 3.63) is 10.4 Å². The van der Waals surface area contributed by atoms with E-state index >= 15 is 0 Å². The third kappa shape index (κ3) is 6.89. The van der Waals surface area contributed by atoms with Gasteiger partial charge in [-0.2, -0.15) is 0 Å². The first kappa shape index (κ1) is 22.4. The van der Waals surface area contributed by atoms with Crippen LogP contribution in [0, 0.1) is 11.8 Å². The van der Waals surface area contributed by atoms with Crippen molar-refractivity contribution >= 4 is 7.82 Å². The predicted molar refractivity (Wildman–Crippen MR) is 96.0 cm³/mol. The van der Waals surface area contributed by atoms with Crippen LogP contribution in [-0.2, 0) is 22.9 Å². The minimum atomic E-state index is -3.79. The summed E-state index contributed by atoms with van der Waals surface area (Å²) in [5.74, 6) is 0.195. The molecule has 1 saturated heterocycles. The molecule has 0 aromatic rings. The molecule has 1 rings (SSSR count). The van der Waals surface area contributed by atoms with Gasteiger partial charge in [0.25, 0.3) is 0 Å². The molecule has 9 heteroatoms. The molecular formula is C16H32N3O5P. The van der Waals surface area contributed by atoms with Gasteiger partial charge in [0.05, 0.1) is 25.4 Å². The number of rotatable bonds is 11. The second-order valence-electron chi connectivity index (χ2n) is 6.55. The molecule has 0 amide bonds. The van der Waals surface area contributed by atoms with E-state index in [1.165, 1.54) is 0 Å². The summed E-state index contributed by atoms with van der Waals surface area (Å²) in [5.41, 5.74) is 8.87. The highest BCUT2D eigenvalue weighted by atomic mass is 31.2. The smallest absolute Gasteiger partial charge is 0.348 e. The van der Waals surface area contributed by atoms with Crippen molar-refractivity contribution in [2.45, 2.75) is 78.7 Å². The summed E-state index contributed by atoms with van der Waals surface area (Å²) in [5, 5.41) is 3.81. The standard InChI is InChI=1S/C16H32N3O5P/c1-6-8-10-21-25(20,22-11-9-7-2)24-16-15(18-19-17)13(4)12(3)14(5)23-16/h12-16H,6-11H2,1-5H3/t12-,13+,14?,15?,16?/m1/s1. The van der Waals surface area contributed by atoms with E-state index in [0.29, 0.717) is 0 Å². The van der Waals surface area contributed by atoms with Gasteiger partial charge in [0.2, 0.25) is 0 Å². The molecule has 5 atom stereocenters. The van der Waals surface area contributed by atoms with Crippen molar-refractivity contribution in [1.29, 1.82) is 0 Å². The Bertz CT molecular complexity index is 472. The molecule has 1 aliphatic heterocycles. The normalized spacial score (nSPS) is 30.0. The highest BCUT2D eigenvalue weighted by Gasteiger charge is 2.44. The molecule has 0 aromatic carbocycles. The Labute approximate surface area is 150 Å². The minimum absolute atomic E-state index is 0.0179. The lowest BCUT2D eigenvalue weighted by Gasteiger charge is -2.41. The fraction of sp³-hybridized carbons (Fsp3) is 1.00. The molecule has 0 aromatic heterocycles. The van der Waals surface area contributed by atoms with Crippen LogP contribution in [0.2, 0.25) is 0 Å². The van der Waals surface area contributed by atoms with Gasteiger partial charge < -0.3 is 4.74 Å². The average molecular weight is 377 g/mol. The molecule has 25 heavy (non-hydrogen) atoms. The Morgan fingerprint density at radius 2 is 1.64 bits per heavy atom. The number of hydrogen-bond acceptors (Lipinski definition) is 6. The molecule has 0 radical (unpaired) electrons. The third-order valence-corrected chi connectivity index (χ3v) is 6.11. The average Bonchev–Trinajstić information content (AvgIpc) is 2.57. The Kier molecular flexibility index (Phi) is 10.0. The van der Waals surface area contributed by atoms with Gasteiger partial charge >= 0.3 is 7.82 Å². The first-order valence-electron chi connectivity index (χ1n) is 9.15. The molecule has 0 N–H and O–H groups in total. The lowest BCUT2D eigenvalue weighted by molar-refractivity contribution is -0.194. The van der Waals surface area contributed by atoms with Crippen LogP contribution >= 0.6 is 7.82 Å². The highest BCUT2D eigenvalue weighted by molar-refractivity contribution is 7.48. The number of ether oxygens (including phenoxy) is 1. The third-order valence-electron chi connectivity index (χ3n) is 4.65. The molecule has 0 saturated carbocycles. The van der Waals surface area contributed by atoms with E-state index in [9.17, 15) is 4.57 Å². The van der Waals surface area contributed by atoms with Gasteiger partial charge in [0, 0.05) is 4.91 Å². The molecule has 0 aliphatic carbocycles. The molecule has 0 spiro atoms. The topological polar surface area (TPSA) is 103 Å². The van der Waals surface area contributed by atoms with Gasteiger partial charge in [-0.1, -0.05) is 45.7 Å². The maximum absolute atomic E-state index is 13.0. The van der Waals surface area contributed by atoms with Crippen molar-refractivity contribution in [3.63, 3.8) is 0 Å². The lowest BCUT2D eigenvalue weighted by atomic mass is 9.83. The Morgan fingerprint density at radius 1 is 1.08 bits per heavy atom. The SMILES string of the molecule is CCCCOP(=O)(OCCCC)OC1OC(C)[C@H](C)[C@H](C)C1N=[N+]=[N-]. The predicted octanol–water partition coefficient (Wildman–Crippen LogP) is 5.44. The monoisotopic (exact) mass is 377 g/mol. The number of azide groups is 1. The van der Waals surface area contributed by atoms with Gasteiger partial charge in [-0.3, -0.25) is 13.6 Å². The first-order chi connectivity index (χ1) is 11.9. The summed E-state index contributed by atoms with van der Waals surface area (Å²) >= 11 is 0. The van der Waals surface area contributed by atoms with Crippen LogP contribution in [-0.4, -0.2) is 31.6 Å². The molecule has 1 heterocycles. The van der Waals surface area contributed by atoms with Crippen molar-refractivity contribution in [3.8, 4) is 0 Å². The summed E-state index contributed by atoms with van der Waals surface area (Å²) in [6.45, 7) is 10.5. The second kappa shape index (κ2) is 11.2. The van der Waals surface area contributed by atoms with Crippen LogP contribution in [0.4, 0.5) is 0 Å². The molecule has 8 nitrogen and oxygen atoms in total. The number of nitrogens with zero attached hydrogens (tertiary/aromatic N) is 3. The van der Waals surface area contributed by atoms with E-state index in [0.717, 1.165) is 25.7 Å². The van der Waals surface area contributed by atoms with E-state index in [2.05, 4.69) is 10.0 Å². The van der Waals surface area contributed by atoms with E-state index in [1.54, 1.807) is 0 Å². The molecular weight excluding hydrogens is 345 g/mol. The molecule has 0 bridgehead atoms. The summed E-state index contributed by atoms with van der Waals surface area (Å²) in [6, 6.07) is -0.589. The first-order valence-corrected chi connectivity index (χ1v) is 10.6. The van der Waals surface area contributed by atoms with Crippen LogP contribution in [0.25, 0.3) is 10.4 Å². The van der Waals surface area contributed by atoms with E-state index in [-0.39, 0.29) is 31.2 Å². The van der Waals surface area contributed by atoms with Crippen molar-refractivity contribution in [2.24, 2.45) is 17.0 Å². The van der Waals surface area contributed by atoms with Crippen molar-refractivity contribution < 1.29 is 22.9 Å². The maximum atomic E-state index is 13.0. The van der Waals surface area contributed by atoms with Crippen LogP contribution < -0.4 is 0 Å². The molecule has 1 aliphatic rings. The molecule has 3 unspecified atom stereocenters. The zero-order chi connectivity index (χ0) is 18.9. The van der Waals surface area contributed by atoms with E-state index in [1.807, 2.05) is 34.6 Å². The number of hydrogen-bond donors (Lipinski definition) is 0. The fourth-order valence-corrected chi connectivity index (χ4v) is 3.91. The maximum Gasteiger partial charge on any atom is 0.477 e. The van der Waals surface area contributed by atoms with Crippen LogP contribution in [0.1, 0.15) is 60.3 Å². The summed E-state index contributed by atoms with van der Waals surface area (Å²) in [6.07, 6.45) is 2.24. The van der Waals surface area contributed by atoms with Crippen LogP contribution in [0.15, 0.2) is 5.11 Å². The summed E-state index contributed by atoms with van der Waals surface area (Å²) < 4.78 is 35.3. The summed E-state index contributed by atoms with van der Waals surface area (Å²) in [4.78, 5) is 2.89. The zero-order valence-corrected chi connectivity index (χ0v) is 16.9. The van der Waals surface area contributed by atoms with Crippen LogP contribution in [0.5, 0.6) is 0 Å². The highest BCUT2D eigenvalue weighted by Crippen LogP contribution is 2.53. The number of unbranched alkanes of at least 4 members (excludes halogenated alkanes) is 2. The molecule has 1 fully saturated rings. The van der Waals surface area contributed by atoms with Gasteiger partial charge in [-0.15, -0.1) is 0 Å². The van der Waals surface area contributed by atoms with Crippen molar-refractivity contribution in [2.75, 3.05) is 13.2 Å². The largest absolute Gasteiger partial charge is 0.477 e. The zero-order valence-electron chi connectivity index (χ0n) is 16.0. The van der Waals surface area contributed by atoms with Gasteiger partial charge in [0.15, 0.2) is 6.29 Å². The van der Waals surface area contributed by atoms with Gasteiger partial charge in [-0.25, -0.2) is 4.57 Å². The van der Waals surface area contributed by atoms with Crippen LogP contribution in [0.3, 0.4) is 0 Å². The second-order valence-corrected chi connectivity index (χ2v) is 8.17. The Morgan fingerprint density at radius 3 is 2.12 bits per heavy atom. The number of phosphoric ester groups is 1. The minimum Gasteiger partial charge on any atom is -0.348 e. The van der Waals surface area contributed by atoms with Gasteiger partial charge in [-0.05, 0) is 37.1 Å². The quantitative estimate of drug-likeness (QED) is 0.157. The van der Waals surface area contributed by atoms with E-state index < -0.39 is 20.2 Å². The lowest BCUT2D eigenvalue weighted by Crippen LogP contribution is -2.48. The number of phosphoric acid groups is 1. The fourth-order valence-electron chi connectivity index (χ4n) is 2.58. The van der Waals surface area contributed by atoms with Gasteiger partial charge in [0.1, 0.15) is 0 Å². The summed E-state index contributed by atoms with van der Waals surface area (Å²) in [7, 11) is -3.79. The molecule has 146 valence electrons. The van der Waals surface area contributed by atoms with E-state index in [4.69, 9.17) is 23.8 Å². The Hall–Kier alpha value is -0.620. The van der Waals surface area contributed by atoms with Crippen molar-refractivity contribution in [1.82, 2.24) is 0 Å². The Balaban J connectivity index is 2.89.